The third-order valence-electron chi connectivity index (χ3n) is 4.03. The summed E-state index contributed by atoms with van der Waals surface area (Å²) in [5.74, 6) is 0. The molecule has 0 aliphatic carbocycles. The van der Waals surface area contributed by atoms with Gasteiger partial charge < -0.3 is 5.11 Å². The van der Waals surface area contributed by atoms with Gasteiger partial charge in [0.1, 0.15) is 0 Å². The predicted molar refractivity (Wildman–Crippen MR) is 91.2 cm³/mol. The second kappa shape index (κ2) is 16.8. The van der Waals surface area contributed by atoms with Gasteiger partial charge in [0.2, 0.25) is 0 Å². The quantitative estimate of drug-likeness (QED) is 0.272. The van der Waals surface area contributed by atoms with Crippen molar-refractivity contribution in [2.24, 2.45) is 0 Å². The average molecular weight is 283 g/mol. The molecule has 0 unspecified atom stereocenters. The number of aliphatic hydroxyl groups is 1. The lowest BCUT2D eigenvalue weighted by Gasteiger charge is -2.07. The third kappa shape index (κ3) is 14.1. The van der Waals surface area contributed by atoms with Crippen LogP contribution in [-0.2, 0) is 0 Å². The van der Waals surface area contributed by atoms with E-state index in [1.165, 1.54) is 89.0 Å². The highest BCUT2D eigenvalue weighted by atomic mass is 16.2. The fraction of sp³-hybridized carbons (Fsp3) is 0.895. The minimum atomic E-state index is 0.316. The zero-order valence-corrected chi connectivity index (χ0v) is 14.1. The first-order valence-electron chi connectivity index (χ1n) is 9.13. The van der Waals surface area contributed by atoms with E-state index >= 15 is 0 Å². The molecule has 0 aromatic heterocycles. The van der Waals surface area contributed by atoms with E-state index in [0.29, 0.717) is 6.61 Å². The minimum Gasteiger partial charge on any atom is -0.396 e. The van der Waals surface area contributed by atoms with Crippen LogP contribution in [0.2, 0.25) is 0 Å². The fourth-order valence-corrected chi connectivity index (χ4v) is 2.66. The Morgan fingerprint density at radius 1 is 0.700 bits per heavy atom. The largest absolute Gasteiger partial charge is 0.396 e. The van der Waals surface area contributed by atoms with Crippen molar-refractivity contribution in [3.8, 4) is 0 Å². The van der Waals surface area contributed by atoms with Crippen molar-refractivity contribution in [2.75, 3.05) is 6.61 Å². The molecule has 1 heteroatoms. The SMILES string of the molecule is CCCCCC=C(CCO)CCCCCCCCCC. The maximum atomic E-state index is 9.12. The summed E-state index contributed by atoms with van der Waals surface area (Å²) in [6.07, 6.45) is 20.7. The first-order chi connectivity index (χ1) is 9.85. The highest BCUT2D eigenvalue weighted by Crippen LogP contribution is 2.16. The van der Waals surface area contributed by atoms with Crippen molar-refractivity contribution in [1.29, 1.82) is 0 Å². The Labute approximate surface area is 127 Å². The molecule has 0 bridgehead atoms. The second-order valence-corrected chi connectivity index (χ2v) is 6.06. The summed E-state index contributed by atoms with van der Waals surface area (Å²) < 4.78 is 0. The number of aliphatic hydroxyl groups excluding tert-OH is 1. The molecule has 0 heterocycles. The van der Waals surface area contributed by atoms with Crippen LogP contribution in [0, 0.1) is 0 Å². The molecule has 0 atom stereocenters. The van der Waals surface area contributed by atoms with Crippen molar-refractivity contribution in [1.82, 2.24) is 0 Å². The molecular formula is C19H38O. The molecule has 0 saturated heterocycles. The standard InChI is InChI=1S/C19H38O/c1-3-5-7-9-10-11-12-14-16-19(17-18-20)15-13-8-6-4-2/h15,20H,3-14,16-18H2,1-2H3. The van der Waals surface area contributed by atoms with Crippen molar-refractivity contribution in [3.05, 3.63) is 11.6 Å². The molecule has 0 radical (unpaired) electrons. The van der Waals surface area contributed by atoms with E-state index < -0.39 is 0 Å². The van der Waals surface area contributed by atoms with Gasteiger partial charge in [-0.25, -0.2) is 0 Å². The van der Waals surface area contributed by atoms with E-state index in [1.54, 1.807) is 0 Å². The first-order valence-corrected chi connectivity index (χ1v) is 9.13. The summed E-state index contributed by atoms with van der Waals surface area (Å²) in [6, 6.07) is 0. The number of hydrogen-bond acceptors (Lipinski definition) is 1. The fourth-order valence-electron chi connectivity index (χ4n) is 2.66. The molecule has 1 N–H and O–H groups in total. The number of unbranched alkanes of at least 4 members (excludes halogenated alkanes) is 10. The van der Waals surface area contributed by atoms with Gasteiger partial charge in [-0.1, -0.05) is 83.3 Å². The van der Waals surface area contributed by atoms with E-state index in [-0.39, 0.29) is 0 Å². The Balaban J connectivity index is 3.54. The Hall–Kier alpha value is -0.300. The monoisotopic (exact) mass is 282 g/mol. The van der Waals surface area contributed by atoms with Gasteiger partial charge in [-0.15, -0.1) is 0 Å². The summed E-state index contributed by atoms with van der Waals surface area (Å²) in [7, 11) is 0. The van der Waals surface area contributed by atoms with Crippen LogP contribution >= 0.6 is 0 Å². The predicted octanol–water partition coefficient (Wildman–Crippen LogP) is 6.41. The van der Waals surface area contributed by atoms with Crippen LogP contribution in [0.15, 0.2) is 11.6 Å². The molecule has 0 aliphatic heterocycles. The number of rotatable bonds is 15. The van der Waals surface area contributed by atoms with E-state index in [1.807, 2.05) is 0 Å². The van der Waals surface area contributed by atoms with Crippen molar-refractivity contribution < 1.29 is 5.11 Å². The zero-order valence-electron chi connectivity index (χ0n) is 14.1. The molecule has 0 aromatic carbocycles. The summed E-state index contributed by atoms with van der Waals surface area (Å²) in [5, 5.41) is 9.12. The van der Waals surface area contributed by atoms with Gasteiger partial charge in [0.15, 0.2) is 0 Å². The maximum Gasteiger partial charge on any atom is 0.0468 e. The molecule has 0 spiro atoms. The zero-order chi connectivity index (χ0) is 14.9. The number of hydrogen-bond donors (Lipinski definition) is 1. The van der Waals surface area contributed by atoms with Crippen molar-refractivity contribution >= 4 is 0 Å². The lowest BCUT2D eigenvalue weighted by atomic mass is 10.0. The molecule has 0 saturated carbocycles. The van der Waals surface area contributed by atoms with Gasteiger partial charge >= 0.3 is 0 Å². The smallest absolute Gasteiger partial charge is 0.0468 e. The van der Waals surface area contributed by atoms with Gasteiger partial charge in [-0.3, -0.25) is 0 Å². The molecule has 20 heavy (non-hydrogen) atoms. The topological polar surface area (TPSA) is 20.2 Å². The molecular weight excluding hydrogens is 244 g/mol. The van der Waals surface area contributed by atoms with Gasteiger partial charge in [-0.05, 0) is 32.1 Å². The van der Waals surface area contributed by atoms with Crippen LogP contribution in [-0.4, -0.2) is 11.7 Å². The van der Waals surface area contributed by atoms with Crippen LogP contribution in [0.4, 0.5) is 0 Å². The molecule has 0 rings (SSSR count). The van der Waals surface area contributed by atoms with Gasteiger partial charge in [0, 0.05) is 6.61 Å². The molecule has 1 nitrogen and oxygen atoms in total. The lowest BCUT2D eigenvalue weighted by Crippen LogP contribution is -1.91. The molecule has 0 fully saturated rings. The minimum absolute atomic E-state index is 0.316. The average Bonchev–Trinajstić information content (AvgIpc) is 2.46. The van der Waals surface area contributed by atoms with Gasteiger partial charge in [0.25, 0.3) is 0 Å². The van der Waals surface area contributed by atoms with Gasteiger partial charge in [0.05, 0.1) is 0 Å². The van der Waals surface area contributed by atoms with E-state index in [0.717, 1.165) is 6.42 Å². The van der Waals surface area contributed by atoms with Gasteiger partial charge in [-0.2, -0.15) is 0 Å². The summed E-state index contributed by atoms with van der Waals surface area (Å²) in [4.78, 5) is 0. The van der Waals surface area contributed by atoms with Crippen LogP contribution < -0.4 is 0 Å². The van der Waals surface area contributed by atoms with E-state index in [9.17, 15) is 0 Å². The molecule has 0 aliphatic rings. The highest BCUT2D eigenvalue weighted by Gasteiger charge is 1.98. The van der Waals surface area contributed by atoms with Crippen LogP contribution in [0.3, 0.4) is 0 Å². The van der Waals surface area contributed by atoms with Crippen LogP contribution in [0.5, 0.6) is 0 Å². The van der Waals surface area contributed by atoms with Crippen molar-refractivity contribution in [3.63, 3.8) is 0 Å². The van der Waals surface area contributed by atoms with E-state index in [2.05, 4.69) is 19.9 Å². The summed E-state index contributed by atoms with van der Waals surface area (Å²) in [5.41, 5.74) is 1.49. The third-order valence-corrected chi connectivity index (χ3v) is 4.03. The highest BCUT2D eigenvalue weighted by molar-refractivity contribution is 5.01. The Bertz CT molecular complexity index is 208. The Kier molecular flexibility index (Phi) is 16.5. The molecule has 120 valence electrons. The Morgan fingerprint density at radius 3 is 1.85 bits per heavy atom. The van der Waals surface area contributed by atoms with Crippen molar-refractivity contribution in [2.45, 2.75) is 104 Å². The lowest BCUT2D eigenvalue weighted by molar-refractivity contribution is 0.297. The Morgan fingerprint density at radius 2 is 1.25 bits per heavy atom. The maximum absolute atomic E-state index is 9.12. The molecule has 0 amide bonds. The summed E-state index contributed by atoms with van der Waals surface area (Å²) >= 11 is 0. The summed E-state index contributed by atoms with van der Waals surface area (Å²) in [6.45, 7) is 4.84. The first kappa shape index (κ1) is 19.7. The normalized spacial score (nSPS) is 12.1. The molecule has 0 aromatic rings. The van der Waals surface area contributed by atoms with Crippen LogP contribution in [0.1, 0.15) is 104 Å². The van der Waals surface area contributed by atoms with Crippen LogP contribution in [0.25, 0.3) is 0 Å². The van der Waals surface area contributed by atoms with E-state index in [4.69, 9.17) is 5.11 Å². The number of allylic oxidation sites excluding steroid dienone is 1. The second-order valence-electron chi connectivity index (χ2n) is 6.06.